The van der Waals surface area contributed by atoms with Crippen molar-refractivity contribution in [3.05, 3.63) is 80.4 Å². The zero-order valence-corrected chi connectivity index (χ0v) is 17.1. The number of fused-ring (bicyclic) bond motifs is 1. The minimum absolute atomic E-state index is 0.115. The lowest BCUT2D eigenvalue weighted by molar-refractivity contribution is -0.384. The van der Waals surface area contributed by atoms with Crippen molar-refractivity contribution >= 4 is 46.2 Å². The minimum Gasteiger partial charge on any atom is -0.397 e. The summed E-state index contributed by atoms with van der Waals surface area (Å²) < 4.78 is 13.7. The van der Waals surface area contributed by atoms with Gasteiger partial charge in [-0.3, -0.25) is 19.7 Å². The van der Waals surface area contributed by atoms with Crippen molar-refractivity contribution in [1.82, 2.24) is 4.98 Å². The predicted octanol–water partition coefficient (Wildman–Crippen LogP) is 4.01. The third kappa shape index (κ3) is 3.58. The molecule has 0 saturated heterocycles. The molecule has 0 bridgehead atoms. The number of hydrogen-bond acceptors (Lipinski definition) is 5. The lowest BCUT2D eigenvalue weighted by atomic mass is 10.0. The van der Waals surface area contributed by atoms with Crippen LogP contribution in [0.5, 0.6) is 0 Å². The number of H-pyrrole nitrogens is 1. The summed E-state index contributed by atoms with van der Waals surface area (Å²) >= 11 is 0. The number of nitrogen functional groups attached to an aromatic ring is 1. The van der Waals surface area contributed by atoms with E-state index in [0.29, 0.717) is 33.8 Å². The van der Waals surface area contributed by atoms with Gasteiger partial charge >= 0.3 is 0 Å². The van der Waals surface area contributed by atoms with Gasteiger partial charge in [0, 0.05) is 34.8 Å². The molecule has 0 spiro atoms. The highest BCUT2D eigenvalue weighted by Gasteiger charge is 2.26. The highest BCUT2D eigenvalue weighted by atomic mass is 19.1. The molecule has 3 aromatic rings. The molecule has 1 aliphatic rings. The van der Waals surface area contributed by atoms with Crippen LogP contribution < -0.4 is 16.4 Å². The summed E-state index contributed by atoms with van der Waals surface area (Å²) in [5.74, 6) is -1.37. The number of aromatic amines is 1. The Kier molecular flexibility index (Phi) is 4.97. The van der Waals surface area contributed by atoms with Crippen LogP contribution in [-0.4, -0.2) is 21.7 Å². The maximum Gasteiger partial charge on any atom is 0.271 e. The highest BCUT2D eigenvalue weighted by Crippen LogP contribution is 2.34. The molecule has 162 valence electrons. The Morgan fingerprint density at radius 2 is 1.97 bits per heavy atom. The quantitative estimate of drug-likeness (QED) is 0.212. The number of rotatable bonds is 4. The number of amides is 2. The summed E-state index contributed by atoms with van der Waals surface area (Å²) in [6.07, 6.45) is 1.56. The lowest BCUT2D eigenvalue weighted by Gasteiger charge is -2.09. The van der Waals surface area contributed by atoms with Gasteiger partial charge in [0.25, 0.3) is 17.5 Å². The van der Waals surface area contributed by atoms with Crippen LogP contribution in [0.25, 0.3) is 11.6 Å². The summed E-state index contributed by atoms with van der Waals surface area (Å²) in [7, 11) is 0. The number of anilines is 3. The highest BCUT2D eigenvalue weighted by molar-refractivity contribution is 6.35. The number of nitro benzene ring substituents is 1. The smallest absolute Gasteiger partial charge is 0.271 e. The van der Waals surface area contributed by atoms with E-state index in [2.05, 4.69) is 15.6 Å². The van der Waals surface area contributed by atoms with Gasteiger partial charge in [0.1, 0.15) is 5.82 Å². The topological polar surface area (TPSA) is 143 Å². The van der Waals surface area contributed by atoms with Gasteiger partial charge in [-0.2, -0.15) is 0 Å². The van der Waals surface area contributed by atoms with Crippen LogP contribution in [0.4, 0.5) is 27.1 Å². The van der Waals surface area contributed by atoms with Gasteiger partial charge < -0.3 is 21.4 Å². The molecular formula is C22H18FN5O4. The number of aryl methyl sites for hydroxylation is 1. The fraction of sp³-hybridized carbons (Fsp3) is 0.0909. The summed E-state index contributed by atoms with van der Waals surface area (Å²) in [6.45, 7) is 3.38. The molecule has 0 atom stereocenters. The molecule has 1 aromatic heterocycles. The third-order valence-electron chi connectivity index (χ3n) is 5.25. The molecule has 1 aliphatic heterocycles. The van der Waals surface area contributed by atoms with Crippen LogP contribution in [0.15, 0.2) is 36.4 Å². The number of nitrogens with one attached hydrogen (secondary N) is 3. The van der Waals surface area contributed by atoms with E-state index in [1.807, 2.05) is 0 Å². The van der Waals surface area contributed by atoms with Crippen molar-refractivity contribution in [2.45, 2.75) is 13.8 Å². The zero-order valence-electron chi connectivity index (χ0n) is 17.1. The molecule has 2 heterocycles. The van der Waals surface area contributed by atoms with E-state index in [1.165, 1.54) is 36.4 Å². The number of non-ortho nitro benzene ring substituents is 1. The van der Waals surface area contributed by atoms with E-state index in [4.69, 9.17) is 5.73 Å². The molecule has 4 rings (SSSR count). The van der Waals surface area contributed by atoms with Crippen LogP contribution in [0, 0.1) is 29.8 Å². The lowest BCUT2D eigenvalue weighted by Crippen LogP contribution is -2.15. The SMILES string of the molecule is Cc1[nH]c(/C=C2\C(=O)Nc3ccc(F)cc32)c(C)c1C(=O)Nc1cc([N+](=O)[O-])ccc1N. The first-order chi connectivity index (χ1) is 15.2. The first-order valence-electron chi connectivity index (χ1n) is 9.53. The third-order valence-corrected chi connectivity index (χ3v) is 5.25. The van der Waals surface area contributed by atoms with E-state index in [-0.39, 0.29) is 28.5 Å². The normalized spacial score (nSPS) is 13.7. The maximum absolute atomic E-state index is 13.7. The summed E-state index contributed by atoms with van der Waals surface area (Å²) in [5.41, 5.74) is 9.01. The van der Waals surface area contributed by atoms with E-state index < -0.39 is 16.6 Å². The molecular weight excluding hydrogens is 417 g/mol. The van der Waals surface area contributed by atoms with Crippen molar-refractivity contribution in [3.8, 4) is 0 Å². The van der Waals surface area contributed by atoms with Crippen molar-refractivity contribution in [1.29, 1.82) is 0 Å². The first-order valence-corrected chi connectivity index (χ1v) is 9.53. The van der Waals surface area contributed by atoms with Crippen LogP contribution in [0.2, 0.25) is 0 Å². The van der Waals surface area contributed by atoms with Crippen molar-refractivity contribution < 1.29 is 18.9 Å². The molecule has 0 unspecified atom stereocenters. The number of benzene rings is 2. The Morgan fingerprint density at radius 3 is 2.69 bits per heavy atom. The molecule has 0 saturated carbocycles. The number of nitro groups is 1. The number of hydrogen-bond donors (Lipinski definition) is 4. The van der Waals surface area contributed by atoms with Crippen LogP contribution in [-0.2, 0) is 4.79 Å². The molecule has 2 aromatic carbocycles. The van der Waals surface area contributed by atoms with Crippen molar-refractivity contribution in [2.24, 2.45) is 0 Å². The van der Waals surface area contributed by atoms with Gasteiger partial charge in [0.15, 0.2) is 0 Å². The molecule has 0 fully saturated rings. The Morgan fingerprint density at radius 1 is 1.22 bits per heavy atom. The van der Waals surface area contributed by atoms with Gasteiger partial charge in [-0.05, 0) is 49.8 Å². The van der Waals surface area contributed by atoms with Crippen molar-refractivity contribution in [2.75, 3.05) is 16.4 Å². The zero-order chi connectivity index (χ0) is 23.2. The van der Waals surface area contributed by atoms with Gasteiger partial charge in [-0.1, -0.05) is 0 Å². The molecule has 32 heavy (non-hydrogen) atoms. The molecule has 2 amide bonds. The number of nitrogens with two attached hydrogens (primary N) is 1. The number of carbonyl (C=O) groups excluding carboxylic acids is 2. The van der Waals surface area contributed by atoms with Gasteiger partial charge in [-0.15, -0.1) is 0 Å². The Hall–Kier alpha value is -4.47. The molecule has 0 radical (unpaired) electrons. The second-order valence-corrected chi connectivity index (χ2v) is 7.35. The van der Waals surface area contributed by atoms with Crippen LogP contribution in [0.1, 0.15) is 32.9 Å². The van der Waals surface area contributed by atoms with Crippen LogP contribution in [0.3, 0.4) is 0 Å². The standard InChI is InChI=1S/C22H18FN5O4/c1-10-18(9-15-14-7-12(23)3-6-17(14)26-21(15)29)25-11(2)20(10)22(30)27-19-8-13(28(31)32)4-5-16(19)24/h3-9,25H,24H2,1-2H3,(H,26,29)(H,27,30)/b15-9-. The Balaban J connectivity index is 1.69. The van der Waals surface area contributed by atoms with Crippen molar-refractivity contribution in [3.63, 3.8) is 0 Å². The monoisotopic (exact) mass is 435 g/mol. The van der Waals surface area contributed by atoms with E-state index in [0.717, 1.165) is 0 Å². The van der Waals surface area contributed by atoms with Gasteiger partial charge in [0.2, 0.25) is 0 Å². The summed E-state index contributed by atoms with van der Waals surface area (Å²) in [5, 5.41) is 16.3. The average Bonchev–Trinajstić information content (AvgIpc) is 3.18. The minimum atomic E-state index is -0.584. The fourth-order valence-electron chi connectivity index (χ4n) is 3.66. The summed E-state index contributed by atoms with van der Waals surface area (Å²) in [4.78, 5) is 38.8. The van der Waals surface area contributed by atoms with Gasteiger partial charge in [-0.25, -0.2) is 4.39 Å². The Labute approximate surface area is 181 Å². The molecule has 0 aliphatic carbocycles. The fourth-order valence-corrected chi connectivity index (χ4v) is 3.66. The predicted molar refractivity (Wildman–Crippen MR) is 119 cm³/mol. The number of nitrogens with zero attached hydrogens (tertiary/aromatic N) is 1. The second-order valence-electron chi connectivity index (χ2n) is 7.35. The van der Waals surface area contributed by atoms with E-state index >= 15 is 0 Å². The van der Waals surface area contributed by atoms with E-state index in [1.54, 1.807) is 19.9 Å². The number of aromatic nitrogens is 1. The van der Waals surface area contributed by atoms with E-state index in [9.17, 15) is 24.1 Å². The number of halogens is 1. The summed E-state index contributed by atoms with van der Waals surface area (Å²) in [6, 6.07) is 7.78. The first kappa shape index (κ1) is 20.8. The van der Waals surface area contributed by atoms with Crippen LogP contribution >= 0.6 is 0 Å². The largest absolute Gasteiger partial charge is 0.397 e. The number of carbonyl (C=O) groups is 2. The maximum atomic E-state index is 13.7. The average molecular weight is 435 g/mol. The van der Waals surface area contributed by atoms with Gasteiger partial charge in [0.05, 0.1) is 27.4 Å². The Bertz CT molecular complexity index is 1340. The molecule has 9 nitrogen and oxygen atoms in total. The molecule has 5 N–H and O–H groups in total. The second kappa shape index (κ2) is 7.65. The molecule has 10 heteroatoms.